The van der Waals surface area contributed by atoms with E-state index in [4.69, 9.17) is 0 Å². The van der Waals surface area contributed by atoms with Gasteiger partial charge < -0.3 is 4.55 Å². The third-order valence-electron chi connectivity index (χ3n) is 1.94. The predicted octanol–water partition coefficient (Wildman–Crippen LogP) is 2.96. The van der Waals surface area contributed by atoms with Crippen LogP contribution in [0.25, 0.3) is 0 Å². The van der Waals surface area contributed by atoms with Gasteiger partial charge in [-0.3, -0.25) is 0 Å². The number of hydrogen-bond donors (Lipinski definition) is 0. The zero-order chi connectivity index (χ0) is 11.5. The Labute approximate surface area is 94.7 Å². The minimum Gasteiger partial charge on any atom is -0.591 e. The average Bonchev–Trinajstić information content (AvgIpc) is 2.17. The van der Waals surface area contributed by atoms with Crippen LogP contribution in [-0.4, -0.2) is 15.0 Å². The van der Waals surface area contributed by atoms with Crippen molar-refractivity contribution in [3.05, 3.63) is 35.9 Å². The van der Waals surface area contributed by atoms with Gasteiger partial charge in [0.1, 0.15) is 16.1 Å². The van der Waals surface area contributed by atoms with Gasteiger partial charge in [-0.1, -0.05) is 34.7 Å². The minimum absolute atomic E-state index is 0.296. The van der Waals surface area contributed by atoms with Gasteiger partial charge in [-0.05, 0) is 27.7 Å². The fourth-order valence-electron chi connectivity index (χ4n) is 0.993. The van der Waals surface area contributed by atoms with Gasteiger partial charge in [-0.2, -0.15) is 0 Å². The molecular formula is C12H17NOS. The molecule has 15 heavy (non-hydrogen) atoms. The van der Waals surface area contributed by atoms with E-state index in [2.05, 4.69) is 4.40 Å². The van der Waals surface area contributed by atoms with E-state index >= 15 is 0 Å². The second-order valence-electron chi connectivity index (χ2n) is 4.40. The second-order valence-corrected chi connectivity index (χ2v) is 6.31. The van der Waals surface area contributed by atoms with Crippen LogP contribution in [-0.2, 0) is 11.4 Å². The van der Waals surface area contributed by atoms with E-state index in [1.807, 2.05) is 58.0 Å². The Balaban J connectivity index is 2.86. The Morgan fingerprint density at radius 3 is 2.20 bits per heavy atom. The zero-order valence-electron chi connectivity index (χ0n) is 9.65. The molecule has 1 aromatic carbocycles. The summed E-state index contributed by atoms with van der Waals surface area (Å²) in [6, 6.07) is 9.80. The fourth-order valence-corrected chi connectivity index (χ4v) is 1.62. The number of rotatable bonds is 2. The van der Waals surface area contributed by atoms with Crippen molar-refractivity contribution in [3.63, 3.8) is 0 Å². The Morgan fingerprint density at radius 2 is 1.73 bits per heavy atom. The summed E-state index contributed by atoms with van der Waals surface area (Å²) in [4.78, 5) is 0. The van der Waals surface area contributed by atoms with Gasteiger partial charge >= 0.3 is 0 Å². The predicted molar refractivity (Wildman–Crippen MR) is 66.5 cm³/mol. The van der Waals surface area contributed by atoms with Crippen LogP contribution in [0.15, 0.2) is 34.7 Å². The first-order valence-corrected chi connectivity index (χ1v) is 6.04. The van der Waals surface area contributed by atoms with Crippen LogP contribution in [0.2, 0.25) is 0 Å². The van der Waals surface area contributed by atoms with Crippen LogP contribution in [0.3, 0.4) is 0 Å². The first kappa shape index (κ1) is 12.3. The van der Waals surface area contributed by atoms with Crippen molar-refractivity contribution >= 4 is 17.1 Å². The lowest BCUT2D eigenvalue weighted by Crippen LogP contribution is -2.26. The van der Waals surface area contributed by atoms with Crippen molar-refractivity contribution in [2.24, 2.45) is 4.40 Å². The van der Waals surface area contributed by atoms with Gasteiger partial charge in [0.2, 0.25) is 0 Å². The molecule has 0 aliphatic heterocycles. The Hall–Kier alpha value is -0.800. The SMILES string of the molecule is CC(=N[S+]([O-])C(C)(C)C)c1ccccc1. The summed E-state index contributed by atoms with van der Waals surface area (Å²) in [5.41, 5.74) is 1.85. The molecular weight excluding hydrogens is 206 g/mol. The van der Waals surface area contributed by atoms with Gasteiger partial charge in [0.15, 0.2) is 0 Å². The molecule has 1 atom stereocenters. The molecule has 0 saturated heterocycles. The minimum atomic E-state index is -1.18. The third kappa shape index (κ3) is 3.68. The Kier molecular flexibility index (Phi) is 3.94. The molecule has 0 aliphatic rings. The summed E-state index contributed by atoms with van der Waals surface area (Å²) in [5.74, 6) is 0. The first-order valence-electron chi connectivity index (χ1n) is 4.94. The molecule has 0 fully saturated rings. The van der Waals surface area contributed by atoms with Crippen LogP contribution in [0.1, 0.15) is 33.3 Å². The lowest BCUT2D eigenvalue weighted by Gasteiger charge is -2.18. The lowest BCUT2D eigenvalue weighted by molar-refractivity contribution is 0.561. The molecule has 0 amide bonds. The summed E-state index contributed by atoms with van der Waals surface area (Å²) < 4.78 is 15.7. The summed E-state index contributed by atoms with van der Waals surface area (Å²) in [7, 11) is 0. The van der Waals surface area contributed by atoms with Gasteiger partial charge in [0.25, 0.3) is 0 Å². The molecule has 0 radical (unpaired) electrons. The van der Waals surface area contributed by atoms with Crippen molar-refractivity contribution in [2.45, 2.75) is 32.4 Å². The van der Waals surface area contributed by atoms with Gasteiger partial charge in [0.05, 0.1) is 5.71 Å². The maximum atomic E-state index is 11.8. The highest BCUT2D eigenvalue weighted by molar-refractivity contribution is 7.91. The molecule has 0 aromatic heterocycles. The summed E-state index contributed by atoms with van der Waals surface area (Å²) in [6.45, 7) is 7.65. The molecule has 0 N–H and O–H groups in total. The van der Waals surface area contributed by atoms with E-state index in [0.717, 1.165) is 11.3 Å². The van der Waals surface area contributed by atoms with Crippen LogP contribution >= 0.6 is 0 Å². The van der Waals surface area contributed by atoms with Gasteiger partial charge in [-0.15, -0.1) is 0 Å². The zero-order valence-corrected chi connectivity index (χ0v) is 10.5. The topological polar surface area (TPSA) is 35.4 Å². The summed E-state index contributed by atoms with van der Waals surface area (Å²) in [6.07, 6.45) is 0. The van der Waals surface area contributed by atoms with Crippen LogP contribution in [0, 0.1) is 0 Å². The molecule has 0 aliphatic carbocycles. The van der Waals surface area contributed by atoms with E-state index in [1.165, 1.54) is 0 Å². The van der Waals surface area contributed by atoms with Crippen molar-refractivity contribution in [3.8, 4) is 0 Å². The fraction of sp³-hybridized carbons (Fsp3) is 0.417. The highest BCUT2D eigenvalue weighted by Crippen LogP contribution is 2.18. The van der Waals surface area contributed by atoms with E-state index in [0.29, 0.717) is 0 Å². The highest BCUT2D eigenvalue weighted by atomic mass is 32.2. The van der Waals surface area contributed by atoms with Gasteiger partial charge in [-0.25, -0.2) is 0 Å². The molecule has 0 saturated carbocycles. The summed E-state index contributed by atoms with van der Waals surface area (Å²) >= 11 is -1.18. The van der Waals surface area contributed by atoms with E-state index in [9.17, 15) is 4.55 Å². The molecule has 0 bridgehead atoms. The van der Waals surface area contributed by atoms with Gasteiger partial charge in [0, 0.05) is 5.56 Å². The highest BCUT2D eigenvalue weighted by Gasteiger charge is 2.26. The average molecular weight is 223 g/mol. The third-order valence-corrected chi connectivity index (χ3v) is 3.42. The molecule has 0 spiro atoms. The maximum absolute atomic E-state index is 11.8. The number of hydrogen-bond acceptors (Lipinski definition) is 2. The quantitative estimate of drug-likeness (QED) is 0.561. The van der Waals surface area contributed by atoms with Crippen molar-refractivity contribution in [1.29, 1.82) is 0 Å². The second kappa shape index (κ2) is 4.81. The molecule has 1 aromatic rings. The number of benzene rings is 1. The molecule has 1 unspecified atom stereocenters. The van der Waals surface area contributed by atoms with Crippen molar-refractivity contribution < 1.29 is 4.55 Å². The molecule has 1 rings (SSSR count). The van der Waals surface area contributed by atoms with Crippen molar-refractivity contribution in [1.82, 2.24) is 0 Å². The van der Waals surface area contributed by atoms with Crippen LogP contribution < -0.4 is 0 Å². The van der Waals surface area contributed by atoms with E-state index < -0.39 is 11.4 Å². The Morgan fingerprint density at radius 1 is 1.20 bits per heavy atom. The van der Waals surface area contributed by atoms with E-state index in [-0.39, 0.29) is 4.75 Å². The smallest absolute Gasteiger partial charge is 0.144 e. The number of nitrogens with zero attached hydrogens (tertiary/aromatic N) is 1. The van der Waals surface area contributed by atoms with Crippen molar-refractivity contribution in [2.75, 3.05) is 0 Å². The summed E-state index contributed by atoms with van der Waals surface area (Å²) in [5, 5.41) is 0. The van der Waals surface area contributed by atoms with Crippen LogP contribution in [0.5, 0.6) is 0 Å². The largest absolute Gasteiger partial charge is 0.591 e. The van der Waals surface area contributed by atoms with Crippen LogP contribution in [0.4, 0.5) is 0 Å². The van der Waals surface area contributed by atoms with E-state index in [1.54, 1.807) is 0 Å². The Bertz CT molecular complexity index is 340. The standard InChI is InChI=1S/C12H17NOS/c1-10(11-8-6-5-7-9-11)13-15(14)12(2,3)4/h5-9H,1-4H3. The molecule has 82 valence electrons. The normalized spacial score (nSPS) is 15.1. The first-order chi connectivity index (χ1) is 6.91. The molecule has 0 heterocycles. The lowest BCUT2D eigenvalue weighted by atomic mass is 10.1. The molecule has 3 heteroatoms. The maximum Gasteiger partial charge on any atom is 0.144 e. The molecule has 2 nitrogen and oxygen atoms in total. The monoisotopic (exact) mass is 223 g/mol.